The monoisotopic (exact) mass is 269 g/mol. The van der Waals surface area contributed by atoms with Gasteiger partial charge in [-0.1, -0.05) is 6.07 Å². The number of primary amides is 1. The van der Waals surface area contributed by atoms with Gasteiger partial charge in [-0.25, -0.2) is 8.78 Å². The second kappa shape index (κ2) is 4.69. The third kappa shape index (κ3) is 2.17. The van der Waals surface area contributed by atoms with Gasteiger partial charge in [0.25, 0.3) is 5.91 Å². The summed E-state index contributed by atoms with van der Waals surface area (Å²) in [5.41, 5.74) is 10.8. The number of carbonyl (C=O) groups excluding carboxylic acids is 1. The van der Waals surface area contributed by atoms with Crippen molar-refractivity contribution in [2.45, 2.75) is 6.42 Å². The molecule has 0 aliphatic rings. The van der Waals surface area contributed by atoms with Gasteiger partial charge in [0, 0.05) is 17.5 Å². The molecule has 0 atom stereocenters. The molecule has 0 unspecified atom stereocenters. The van der Waals surface area contributed by atoms with E-state index in [0.29, 0.717) is 0 Å². The maximum atomic E-state index is 13.5. The van der Waals surface area contributed by atoms with Gasteiger partial charge >= 0.3 is 0 Å². The van der Waals surface area contributed by atoms with Gasteiger partial charge in [-0.3, -0.25) is 4.79 Å². The third-order valence-corrected chi connectivity index (χ3v) is 3.38. The molecule has 0 aliphatic carbocycles. The van der Waals surface area contributed by atoms with Crippen LogP contribution in [0.2, 0.25) is 0 Å². The summed E-state index contributed by atoms with van der Waals surface area (Å²) in [5.74, 6) is -2.04. The summed E-state index contributed by atoms with van der Waals surface area (Å²) in [6, 6.07) is 3.54. The maximum Gasteiger partial charge on any atom is 0.260 e. The van der Waals surface area contributed by atoms with Crippen LogP contribution >= 0.6 is 11.5 Å². The molecular formula is C11H9F2N3OS. The van der Waals surface area contributed by atoms with Crippen LogP contribution in [-0.4, -0.2) is 10.3 Å². The van der Waals surface area contributed by atoms with Crippen molar-refractivity contribution in [3.63, 3.8) is 0 Å². The number of nitrogen functional groups attached to an aromatic ring is 1. The zero-order valence-electron chi connectivity index (χ0n) is 9.11. The topological polar surface area (TPSA) is 82.0 Å². The molecule has 0 radical (unpaired) electrons. The van der Waals surface area contributed by atoms with Crippen LogP contribution in [0.5, 0.6) is 0 Å². The predicted molar refractivity (Wildman–Crippen MR) is 64.2 cm³/mol. The van der Waals surface area contributed by atoms with E-state index in [0.717, 1.165) is 23.7 Å². The molecule has 1 heterocycles. The molecular weight excluding hydrogens is 260 g/mol. The predicted octanol–water partition coefficient (Wildman–Crippen LogP) is 1.69. The molecule has 7 heteroatoms. The zero-order valence-corrected chi connectivity index (χ0v) is 9.93. The Hall–Kier alpha value is -2.02. The smallest absolute Gasteiger partial charge is 0.260 e. The van der Waals surface area contributed by atoms with Crippen LogP contribution in [0.15, 0.2) is 18.2 Å². The van der Waals surface area contributed by atoms with Gasteiger partial charge in [0.05, 0.1) is 0 Å². The first kappa shape index (κ1) is 12.4. The minimum absolute atomic E-state index is 0.0662. The highest BCUT2D eigenvalue weighted by Crippen LogP contribution is 2.26. The van der Waals surface area contributed by atoms with Crippen LogP contribution in [0, 0.1) is 11.6 Å². The number of hydrogen-bond donors (Lipinski definition) is 2. The molecule has 2 rings (SSSR count). The lowest BCUT2D eigenvalue weighted by Gasteiger charge is -2.05. The van der Waals surface area contributed by atoms with Crippen molar-refractivity contribution in [1.82, 2.24) is 4.37 Å². The molecule has 4 N–H and O–H groups in total. The molecule has 1 amide bonds. The van der Waals surface area contributed by atoms with Crippen LogP contribution in [0.1, 0.15) is 20.8 Å². The SMILES string of the molecule is NC(=O)c1snc(N)c1Cc1c(F)cccc1F. The van der Waals surface area contributed by atoms with Gasteiger partial charge < -0.3 is 11.5 Å². The average molecular weight is 269 g/mol. The highest BCUT2D eigenvalue weighted by molar-refractivity contribution is 7.08. The Balaban J connectivity index is 2.46. The minimum atomic E-state index is -0.712. The van der Waals surface area contributed by atoms with E-state index < -0.39 is 17.5 Å². The van der Waals surface area contributed by atoms with Crippen LogP contribution in [0.3, 0.4) is 0 Å². The number of rotatable bonds is 3. The highest BCUT2D eigenvalue weighted by Gasteiger charge is 2.19. The standard InChI is InChI=1S/C11H9F2N3OS/c12-7-2-1-3-8(13)5(7)4-6-9(11(15)17)18-16-10(6)14/h1-3H,4H2,(H2,14,16)(H2,15,17). The van der Waals surface area contributed by atoms with E-state index in [1.54, 1.807) is 0 Å². The summed E-state index contributed by atoms with van der Waals surface area (Å²) in [4.78, 5) is 11.3. The Morgan fingerprint density at radius 2 is 1.89 bits per heavy atom. The van der Waals surface area contributed by atoms with Crippen molar-refractivity contribution in [3.05, 3.63) is 45.8 Å². The lowest BCUT2D eigenvalue weighted by atomic mass is 10.0. The van der Waals surface area contributed by atoms with Crippen molar-refractivity contribution < 1.29 is 13.6 Å². The molecule has 0 bridgehead atoms. The highest BCUT2D eigenvalue weighted by atomic mass is 32.1. The number of carbonyl (C=O) groups is 1. The van der Waals surface area contributed by atoms with Gasteiger partial charge in [-0.15, -0.1) is 0 Å². The summed E-state index contributed by atoms with van der Waals surface area (Å²) in [5, 5.41) is 0. The number of halogens is 2. The fourth-order valence-electron chi connectivity index (χ4n) is 1.56. The second-order valence-corrected chi connectivity index (χ2v) is 4.39. The lowest BCUT2D eigenvalue weighted by molar-refractivity contribution is 0.100. The maximum absolute atomic E-state index is 13.5. The quantitative estimate of drug-likeness (QED) is 0.889. The molecule has 0 fully saturated rings. The van der Waals surface area contributed by atoms with Crippen molar-refractivity contribution in [2.75, 3.05) is 5.73 Å². The first-order valence-corrected chi connectivity index (χ1v) is 5.74. The summed E-state index contributed by atoms with van der Waals surface area (Å²) >= 11 is 0.821. The molecule has 1 aromatic carbocycles. The van der Waals surface area contributed by atoms with E-state index in [1.165, 1.54) is 6.07 Å². The van der Waals surface area contributed by atoms with Crippen LogP contribution < -0.4 is 11.5 Å². The summed E-state index contributed by atoms with van der Waals surface area (Å²) in [6.45, 7) is 0. The first-order chi connectivity index (χ1) is 8.50. The number of nitrogens with zero attached hydrogens (tertiary/aromatic N) is 1. The molecule has 18 heavy (non-hydrogen) atoms. The van der Waals surface area contributed by atoms with E-state index in [9.17, 15) is 13.6 Å². The molecule has 94 valence electrons. The van der Waals surface area contributed by atoms with Crippen LogP contribution in [0.25, 0.3) is 0 Å². The Labute approximate surface area is 105 Å². The van der Waals surface area contributed by atoms with E-state index in [-0.39, 0.29) is 28.2 Å². The normalized spacial score (nSPS) is 10.6. The Morgan fingerprint density at radius 1 is 1.28 bits per heavy atom. The number of hydrogen-bond acceptors (Lipinski definition) is 4. The van der Waals surface area contributed by atoms with Gasteiger partial charge in [-0.05, 0) is 23.7 Å². The Bertz CT molecular complexity index is 592. The summed E-state index contributed by atoms with van der Waals surface area (Å²) in [7, 11) is 0. The Kier molecular flexibility index (Phi) is 3.24. The molecule has 2 aromatic rings. The molecule has 0 spiro atoms. The number of benzene rings is 1. The average Bonchev–Trinajstić information content (AvgIpc) is 2.66. The van der Waals surface area contributed by atoms with Gasteiger partial charge in [-0.2, -0.15) is 4.37 Å². The fraction of sp³-hybridized carbons (Fsp3) is 0.0909. The number of amides is 1. The number of nitrogens with two attached hydrogens (primary N) is 2. The van der Waals surface area contributed by atoms with Gasteiger partial charge in [0.2, 0.25) is 0 Å². The van der Waals surface area contributed by atoms with Crippen molar-refractivity contribution in [1.29, 1.82) is 0 Å². The van der Waals surface area contributed by atoms with Crippen LogP contribution in [0.4, 0.5) is 14.6 Å². The fourth-order valence-corrected chi connectivity index (χ4v) is 2.24. The van der Waals surface area contributed by atoms with E-state index >= 15 is 0 Å². The number of aromatic nitrogens is 1. The van der Waals surface area contributed by atoms with Gasteiger partial charge in [0.15, 0.2) is 0 Å². The van der Waals surface area contributed by atoms with E-state index in [2.05, 4.69) is 4.37 Å². The van der Waals surface area contributed by atoms with Crippen molar-refractivity contribution >= 4 is 23.3 Å². The minimum Gasteiger partial charge on any atom is -0.383 e. The summed E-state index contributed by atoms with van der Waals surface area (Å²) < 4.78 is 30.8. The molecule has 0 saturated heterocycles. The Morgan fingerprint density at radius 3 is 2.44 bits per heavy atom. The van der Waals surface area contributed by atoms with Crippen molar-refractivity contribution in [3.8, 4) is 0 Å². The largest absolute Gasteiger partial charge is 0.383 e. The number of anilines is 1. The van der Waals surface area contributed by atoms with E-state index in [4.69, 9.17) is 11.5 Å². The first-order valence-electron chi connectivity index (χ1n) is 4.97. The third-order valence-electron chi connectivity index (χ3n) is 2.46. The summed E-state index contributed by atoms with van der Waals surface area (Å²) in [6.07, 6.45) is -0.154. The van der Waals surface area contributed by atoms with Crippen molar-refractivity contribution in [2.24, 2.45) is 5.73 Å². The molecule has 0 saturated carbocycles. The lowest BCUT2D eigenvalue weighted by Crippen LogP contribution is -2.12. The molecule has 0 aliphatic heterocycles. The molecule has 4 nitrogen and oxygen atoms in total. The molecule has 1 aromatic heterocycles. The van der Waals surface area contributed by atoms with Gasteiger partial charge in [0.1, 0.15) is 22.3 Å². The second-order valence-electron chi connectivity index (χ2n) is 3.62. The zero-order chi connectivity index (χ0) is 13.3. The van der Waals surface area contributed by atoms with E-state index in [1.807, 2.05) is 0 Å². The van der Waals surface area contributed by atoms with Crippen LogP contribution in [-0.2, 0) is 6.42 Å².